The summed E-state index contributed by atoms with van der Waals surface area (Å²) in [5, 5.41) is 8.44. The standard InChI is InChI=1S/C18H17N5O/c19-18(20)23-21-11-15-10-9-14-7-4-8-16(17(14)22-15)24-12-13-5-2-1-3-6-13/h1-11H,12H2,(H4,19,20,23)/p+1/b21-11+. The minimum absolute atomic E-state index is 0.0843. The van der Waals surface area contributed by atoms with Gasteiger partial charge in [-0.05, 0) is 23.8 Å². The van der Waals surface area contributed by atoms with Crippen molar-refractivity contribution in [2.75, 3.05) is 0 Å². The molecule has 0 saturated carbocycles. The zero-order valence-electron chi connectivity index (χ0n) is 13.0. The van der Waals surface area contributed by atoms with E-state index in [0.717, 1.165) is 27.9 Å². The normalized spacial score (nSPS) is 10.8. The number of hydrogen-bond donors (Lipinski definition) is 2. The van der Waals surface area contributed by atoms with Crippen LogP contribution in [0.3, 0.4) is 0 Å². The molecule has 0 atom stereocenters. The number of hydrogen-bond acceptors (Lipinski definition) is 3. The highest BCUT2D eigenvalue weighted by molar-refractivity contribution is 5.84. The summed E-state index contributed by atoms with van der Waals surface area (Å²) in [4.78, 5) is 3.28. The molecule has 6 nitrogen and oxygen atoms in total. The molecule has 0 aliphatic rings. The predicted octanol–water partition coefficient (Wildman–Crippen LogP) is 1.84. The van der Waals surface area contributed by atoms with E-state index in [1.807, 2.05) is 60.7 Å². The van der Waals surface area contributed by atoms with Gasteiger partial charge in [-0.3, -0.25) is 0 Å². The van der Waals surface area contributed by atoms with Gasteiger partial charge in [0, 0.05) is 6.07 Å². The van der Waals surface area contributed by atoms with Crippen molar-refractivity contribution in [3.8, 4) is 5.75 Å². The molecule has 1 aromatic heterocycles. The summed E-state index contributed by atoms with van der Waals surface area (Å²) in [5.74, 6) is 0.687. The Morgan fingerprint density at radius 1 is 1.00 bits per heavy atom. The highest BCUT2D eigenvalue weighted by Crippen LogP contribution is 2.22. The van der Waals surface area contributed by atoms with Gasteiger partial charge in [0.2, 0.25) is 11.7 Å². The molecule has 0 unspecified atom stereocenters. The SMILES string of the molecule is NC(N)=N/N=C/c1ccc2cccc(OCc3ccccc3)c2[nH+]1. The molecule has 2 aromatic carbocycles. The first kappa shape index (κ1) is 15.5. The molecule has 0 spiro atoms. The third kappa shape index (κ3) is 3.86. The van der Waals surface area contributed by atoms with Crippen molar-refractivity contribution in [1.82, 2.24) is 0 Å². The van der Waals surface area contributed by atoms with Crippen molar-refractivity contribution in [2.45, 2.75) is 6.61 Å². The van der Waals surface area contributed by atoms with E-state index in [2.05, 4.69) is 15.2 Å². The molecule has 5 N–H and O–H groups in total. The number of pyridine rings is 1. The molecule has 0 fully saturated rings. The van der Waals surface area contributed by atoms with Crippen molar-refractivity contribution >= 4 is 23.1 Å². The van der Waals surface area contributed by atoms with Crippen molar-refractivity contribution < 1.29 is 9.72 Å². The summed E-state index contributed by atoms with van der Waals surface area (Å²) in [6.07, 6.45) is 1.55. The number of fused-ring (bicyclic) bond motifs is 1. The highest BCUT2D eigenvalue weighted by Gasteiger charge is 2.10. The topological polar surface area (TPSA) is 100 Å². The number of ether oxygens (including phenoxy) is 1. The van der Waals surface area contributed by atoms with Gasteiger partial charge >= 0.3 is 0 Å². The van der Waals surface area contributed by atoms with Crippen LogP contribution < -0.4 is 21.2 Å². The van der Waals surface area contributed by atoms with Crippen LogP contribution in [-0.4, -0.2) is 12.2 Å². The molecular weight excluding hydrogens is 302 g/mol. The molecule has 0 bridgehead atoms. The first-order valence-electron chi connectivity index (χ1n) is 7.46. The summed E-state index contributed by atoms with van der Waals surface area (Å²) in [6.45, 7) is 0.500. The Kier molecular flexibility index (Phi) is 4.67. The van der Waals surface area contributed by atoms with E-state index < -0.39 is 0 Å². The minimum Gasteiger partial charge on any atom is -0.482 e. The lowest BCUT2D eigenvalue weighted by Crippen LogP contribution is -2.22. The quantitative estimate of drug-likeness (QED) is 0.426. The number of aromatic nitrogens is 1. The van der Waals surface area contributed by atoms with Gasteiger partial charge in [0.25, 0.3) is 5.52 Å². The molecule has 0 aliphatic carbocycles. The minimum atomic E-state index is -0.0843. The van der Waals surface area contributed by atoms with E-state index in [4.69, 9.17) is 16.2 Å². The third-order valence-electron chi connectivity index (χ3n) is 3.38. The van der Waals surface area contributed by atoms with Crippen molar-refractivity contribution in [3.05, 3.63) is 71.9 Å². The van der Waals surface area contributed by atoms with E-state index in [1.54, 1.807) is 6.21 Å². The fraction of sp³-hybridized carbons (Fsp3) is 0.0556. The Labute approximate surface area is 139 Å². The molecule has 120 valence electrons. The van der Waals surface area contributed by atoms with Gasteiger partial charge in [-0.25, -0.2) is 4.98 Å². The summed E-state index contributed by atoms with van der Waals surface area (Å²) in [6, 6.07) is 19.8. The second-order valence-electron chi connectivity index (χ2n) is 5.18. The Morgan fingerprint density at radius 3 is 2.62 bits per heavy atom. The number of benzene rings is 2. The van der Waals surface area contributed by atoms with E-state index in [9.17, 15) is 0 Å². The third-order valence-corrected chi connectivity index (χ3v) is 3.38. The lowest BCUT2D eigenvalue weighted by Gasteiger charge is -2.06. The average Bonchev–Trinajstić information content (AvgIpc) is 2.60. The molecule has 0 aliphatic heterocycles. The summed E-state index contributed by atoms with van der Waals surface area (Å²) in [5.41, 5.74) is 13.3. The number of aromatic amines is 1. The van der Waals surface area contributed by atoms with E-state index >= 15 is 0 Å². The van der Waals surface area contributed by atoms with Gasteiger partial charge in [-0.2, -0.15) is 0 Å². The van der Waals surface area contributed by atoms with E-state index in [1.165, 1.54) is 0 Å². The van der Waals surface area contributed by atoms with Crippen LogP contribution in [0, 0.1) is 0 Å². The Morgan fingerprint density at radius 2 is 1.83 bits per heavy atom. The molecule has 0 saturated heterocycles. The number of para-hydroxylation sites is 1. The van der Waals surface area contributed by atoms with Crippen molar-refractivity contribution in [2.24, 2.45) is 21.7 Å². The van der Waals surface area contributed by atoms with Gasteiger partial charge in [0.15, 0.2) is 5.75 Å². The second-order valence-corrected chi connectivity index (χ2v) is 5.18. The molecule has 24 heavy (non-hydrogen) atoms. The summed E-state index contributed by atoms with van der Waals surface area (Å²) in [7, 11) is 0. The molecule has 0 radical (unpaired) electrons. The van der Waals surface area contributed by atoms with Crippen LogP contribution in [0.1, 0.15) is 11.3 Å². The molecule has 1 heterocycles. The molecule has 3 rings (SSSR count). The molecule has 6 heteroatoms. The van der Waals surface area contributed by atoms with Crippen LogP contribution in [0.15, 0.2) is 70.9 Å². The Bertz CT molecular complexity index is 886. The lowest BCUT2D eigenvalue weighted by molar-refractivity contribution is -0.347. The molecule has 0 amide bonds. The van der Waals surface area contributed by atoms with Crippen molar-refractivity contribution in [1.29, 1.82) is 0 Å². The monoisotopic (exact) mass is 320 g/mol. The van der Waals surface area contributed by atoms with Crippen LogP contribution >= 0.6 is 0 Å². The first-order chi connectivity index (χ1) is 11.7. The van der Waals surface area contributed by atoms with E-state index in [0.29, 0.717) is 6.61 Å². The van der Waals surface area contributed by atoms with Gasteiger partial charge in [-0.15, -0.1) is 10.2 Å². The number of nitrogens with one attached hydrogen (secondary N) is 1. The summed E-state index contributed by atoms with van der Waals surface area (Å²) < 4.78 is 5.96. The zero-order valence-corrected chi connectivity index (χ0v) is 13.0. The van der Waals surface area contributed by atoms with E-state index in [-0.39, 0.29) is 5.96 Å². The lowest BCUT2D eigenvalue weighted by atomic mass is 10.2. The maximum absolute atomic E-state index is 5.96. The van der Waals surface area contributed by atoms with Gasteiger partial charge < -0.3 is 16.2 Å². The largest absolute Gasteiger partial charge is 0.482 e. The van der Waals surface area contributed by atoms with Crippen LogP contribution in [0.5, 0.6) is 5.75 Å². The molecular formula is C18H18N5O+. The van der Waals surface area contributed by atoms with Gasteiger partial charge in [0.1, 0.15) is 12.8 Å². The highest BCUT2D eigenvalue weighted by atomic mass is 16.5. The Balaban J connectivity index is 1.87. The number of H-pyrrole nitrogens is 1. The smallest absolute Gasteiger partial charge is 0.253 e. The number of nitrogens with zero attached hydrogens (tertiary/aromatic N) is 2. The van der Waals surface area contributed by atoms with Crippen molar-refractivity contribution in [3.63, 3.8) is 0 Å². The average molecular weight is 320 g/mol. The Hall–Kier alpha value is -3.41. The molecule has 3 aromatic rings. The van der Waals surface area contributed by atoms with Gasteiger partial charge in [-0.1, -0.05) is 36.4 Å². The fourth-order valence-corrected chi connectivity index (χ4v) is 2.27. The fourth-order valence-electron chi connectivity index (χ4n) is 2.27. The summed E-state index contributed by atoms with van der Waals surface area (Å²) >= 11 is 0. The second kappa shape index (κ2) is 7.23. The zero-order chi connectivity index (χ0) is 16.8. The van der Waals surface area contributed by atoms with Gasteiger partial charge in [0.05, 0.1) is 5.39 Å². The predicted molar refractivity (Wildman–Crippen MR) is 94.7 cm³/mol. The maximum atomic E-state index is 5.96. The van der Waals surface area contributed by atoms with Crippen LogP contribution in [-0.2, 0) is 6.61 Å². The van der Waals surface area contributed by atoms with Crippen LogP contribution in [0.25, 0.3) is 10.9 Å². The number of guanidine groups is 1. The first-order valence-corrected chi connectivity index (χ1v) is 7.46. The maximum Gasteiger partial charge on any atom is 0.253 e. The van der Waals surface area contributed by atoms with Crippen LogP contribution in [0.2, 0.25) is 0 Å². The number of rotatable bonds is 5. The van der Waals surface area contributed by atoms with Crippen LogP contribution in [0.4, 0.5) is 0 Å². The number of nitrogens with two attached hydrogens (primary N) is 2.